The van der Waals surface area contributed by atoms with Gasteiger partial charge in [-0.15, -0.1) is 0 Å². The summed E-state index contributed by atoms with van der Waals surface area (Å²) in [5.41, 5.74) is -4.08. The van der Waals surface area contributed by atoms with E-state index in [0.717, 1.165) is 0 Å². The molecule has 14 unspecified atom stereocenters. The molecule has 2 N–H and O–H groups in total. The van der Waals surface area contributed by atoms with Gasteiger partial charge in [-0.2, -0.15) is 0 Å². The first-order chi connectivity index (χ1) is 19.5. The third-order valence-corrected chi connectivity index (χ3v) is 12.4. The number of fused-ring (bicyclic) bond motifs is 3. The number of carbonyl (C=O) groups is 4. The van der Waals surface area contributed by atoms with Gasteiger partial charge in [0.1, 0.15) is 30.0 Å². The van der Waals surface area contributed by atoms with E-state index in [4.69, 9.17) is 23.7 Å². The van der Waals surface area contributed by atoms with Gasteiger partial charge in [0.2, 0.25) is 5.79 Å². The number of aliphatic hydroxyl groups excluding tert-OH is 1. The highest BCUT2D eigenvalue weighted by atomic mass is 16.7. The Kier molecular flexibility index (Phi) is 5.84. The molecule has 2 spiro atoms. The molecule has 7 fully saturated rings. The molecule has 7 rings (SSSR count). The number of carbonyl (C=O) groups excluding carboxylic acids is 4. The lowest BCUT2D eigenvalue weighted by atomic mass is 9.67. The van der Waals surface area contributed by atoms with E-state index < -0.39 is 82.0 Å². The maximum atomic E-state index is 14.3. The van der Waals surface area contributed by atoms with Crippen LogP contribution in [0.5, 0.6) is 0 Å². The van der Waals surface area contributed by atoms with E-state index in [9.17, 15) is 29.4 Å². The van der Waals surface area contributed by atoms with Crippen LogP contribution < -0.4 is 0 Å². The van der Waals surface area contributed by atoms with E-state index in [-0.39, 0.29) is 42.5 Å². The zero-order valence-corrected chi connectivity index (χ0v) is 25.1. The van der Waals surface area contributed by atoms with Crippen molar-refractivity contribution in [2.24, 2.45) is 40.9 Å². The summed E-state index contributed by atoms with van der Waals surface area (Å²) in [5, 5.41) is 24.5. The van der Waals surface area contributed by atoms with E-state index in [1.165, 1.54) is 6.92 Å². The first-order valence-electron chi connectivity index (χ1n) is 15.4. The van der Waals surface area contributed by atoms with Gasteiger partial charge in [-0.05, 0) is 50.9 Å². The Bertz CT molecular complexity index is 1260. The van der Waals surface area contributed by atoms with Gasteiger partial charge in [0.25, 0.3) is 0 Å². The molecule has 5 saturated heterocycles. The normalized spacial score (nSPS) is 53.0. The van der Waals surface area contributed by atoms with Crippen molar-refractivity contribution in [1.82, 2.24) is 0 Å². The van der Waals surface area contributed by atoms with Crippen LogP contribution in [0.3, 0.4) is 0 Å². The van der Waals surface area contributed by atoms with E-state index in [1.54, 1.807) is 6.92 Å². The van der Waals surface area contributed by atoms with Crippen molar-refractivity contribution in [3.05, 3.63) is 0 Å². The zero-order chi connectivity index (χ0) is 30.4. The number of ether oxygens (including phenoxy) is 5. The van der Waals surface area contributed by atoms with E-state index in [0.29, 0.717) is 25.7 Å². The number of Topliss-reactive ketones (excluding diaryl/α,β-unsaturated/α-hetero) is 1. The van der Waals surface area contributed by atoms with E-state index in [1.807, 2.05) is 27.7 Å². The van der Waals surface area contributed by atoms with Crippen LogP contribution in [0.15, 0.2) is 0 Å². The van der Waals surface area contributed by atoms with Crippen molar-refractivity contribution in [2.45, 2.75) is 127 Å². The first-order valence-corrected chi connectivity index (χ1v) is 15.4. The minimum atomic E-state index is -2.17. The van der Waals surface area contributed by atoms with Crippen LogP contribution in [-0.4, -0.2) is 80.9 Å². The van der Waals surface area contributed by atoms with Crippen LogP contribution in [0.2, 0.25) is 0 Å². The van der Waals surface area contributed by atoms with Gasteiger partial charge in [-0.1, -0.05) is 20.8 Å². The molecule has 5 heterocycles. The molecule has 11 heteroatoms. The highest BCUT2D eigenvalue weighted by Gasteiger charge is 2.85. The number of rotatable bonds is 4. The summed E-state index contributed by atoms with van der Waals surface area (Å²) in [6, 6.07) is 0. The average molecular weight is 591 g/mol. The fraction of sp³-hybridized carbons (Fsp3) is 0.871. The maximum Gasteiger partial charge on any atom is 0.309 e. The fourth-order valence-electron chi connectivity index (χ4n) is 10.7. The van der Waals surface area contributed by atoms with Gasteiger partial charge in [0.15, 0.2) is 11.4 Å². The first kappa shape index (κ1) is 28.7. The highest BCUT2D eigenvalue weighted by Crippen LogP contribution is 2.76. The second kappa shape index (κ2) is 8.55. The number of hydrogen-bond donors (Lipinski definition) is 2. The van der Waals surface area contributed by atoms with Gasteiger partial charge in [-0.25, -0.2) is 0 Å². The SMILES string of the molecule is CC(=O)OC(C1CC(C)C(=O)O1)C(C)C1C2C3(O)OC4(CCC12C)C(CCC1C(C)(C)OC2CC(=O)OC21C4O)C3=O. The summed E-state index contributed by atoms with van der Waals surface area (Å²) < 4.78 is 30.2. The summed E-state index contributed by atoms with van der Waals surface area (Å²) >= 11 is 0. The number of ketones is 1. The van der Waals surface area contributed by atoms with Crippen molar-refractivity contribution in [1.29, 1.82) is 0 Å². The van der Waals surface area contributed by atoms with Crippen LogP contribution in [0.1, 0.15) is 80.1 Å². The maximum absolute atomic E-state index is 14.3. The van der Waals surface area contributed by atoms with Gasteiger partial charge in [-0.3, -0.25) is 19.2 Å². The molecule has 0 aromatic rings. The molecule has 5 aliphatic heterocycles. The van der Waals surface area contributed by atoms with Crippen LogP contribution >= 0.6 is 0 Å². The Balaban J connectivity index is 1.24. The summed E-state index contributed by atoms with van der Waals surface area (Å²) in [6.45, 7) is 10.8. The van der Waals surface area contributed by atoms with Crippen LogP contribution in [-0.2, 0) is 42.9 Å². The molecular weight excluding hydrogens is 548 g/mol. The molecule has 2 bridgehead atoms. The lowest BCUT2D eigenvalue weighted by Crippen LogP contribution is -2.63. The number of aliphatic hydroxyl groups is 2. The fourth-order valence-corrected chi connectivity index (χ4v) is 10.7. The predicted octanol–water partition coefficient (Wildman–Crippen LogP) is 1.83. The Morgan fingerprint density at radius 3 is 2.48 bits per heavy atom. The van der Waals surface area contributed by atoms with Crippen molar-refractivity contribution >= 4 is 23.7 Å². The average Bonchev–Trinajstić information content (AvgIpc) is 2.99. The summed E-state index contributed by atoms with van der Waals surface area (Å²) in [4.78, 5) is 51.3. The highest BCUT2D eigenvalue weighted by molar-refractivity contribution is 5.92. The van der Waals surface area contributed by atoms with Gasteiger partial charge < -0.3 is 33.9 Å². The number of hydrogen-bond acceptors (Lipinski definition) is 11. The lowest BCUT2D eigenvalue weighted by molar-refractivity contribution is -0.276. The molecule has 232 valence electrons. The van der Waals surface area contributed by atoms with Gasteiger partial charge >= 0.3 is 17.9 Å². The largest absolute Gasteiger partial charge is 0.458 e. The molecular formula is C31H42O11. The second-order valence-electron chi connectivity index (χ2n) is 15.0. The van der Waals surface area contributed by atoms with Crippen LogP contribution in [0.25, 0.3) is 0 Å². The summed E-state index contributed by atoms with van der Waals surface area (Å²) in [6.07, 6.45) is -1.37. The molecule has 0 radical (unpaired) electrons. The van der Waals surface area contributed by atoms with Crippen molar-refractivity contribution in [3.8, 4) is 0 Å². The van der Waals surface area contributed by atoms with Crippen molar-refractivity contribution in [3.63, 3.8) is 0 Å². The third kappa shape index (κ3) is 3.37. The smallest absolute Gasteiger partial charge is 0.309 e. The molecule has 11 nitrogen and oxygen atoms in total. The third-order valence-electron chi connectivity index (χ3n) is 12.4. The van der Waals surface area contributed by atoms with Gasteiger partial charge in [0.05, 0.1) is 23.9 Å². The van der Waals surface area contributed by atoms with E-state index in [2.05, 4.69) is 0 Å². The predicted molar refractivity (Wildman–Crippen MR) is 141 cm³/mol. The van der Waals surface area contributed by atoms with Crippen LogP contribution in [0.4, 0.5) is 0 Å². The number of esters is 3. The van der Waals surface area contributed by atoms with Crippen LogP contribution in [0, 0.1) is 40.9 Å². The van der Waals surface area contributed by atoms with Crippen molar-refractivity contribution in [2.75, 3.05) is 0 Å². The lowest BCUT2D eigenvalue weighted by Gasteiger charge is -2.45. The summed E-state index contributed by atoms with van der Waals surface area (Å²) in [7, 11) is 0. The minimum absolute atomic E-state index is 0.0117. The Morgan fingerprint density at radius 2 is 1.83 bits per heavy atom. The molecule has 7 aliphatic rings. The monoisotopic (exact) mass is 590 g/mol. The Morgan fingerprint density at radius 1 is 1.12 bits per heavy atom. The Hall–Kier alpha value is -2.08. The van der Waals surface area contributed by atoms with Crippen molar-refractivity contribution < 1.29 is 53.1 Å². The molecule has 0 aromatic carbocycles. The minimum Gasteiger partial charge on any atom is -0.458 e. The quantitative estimate of drug-likeness (QED) is 0.364. The molecule has 0 aromatic heterocycles. The van der Waals surface area contributed by atoms with E-state index >= 15 is 0 Å². The number of cyclic esters (lactones) is 1. The molecule has 2 aliphatic carbocycles. The molecule has 42 heavy (non-hydrogen) atoms. The Labute approximate surface area is 244 Å². The van der Waals surface area contributed by atoms with Gasteiger partial charge in [0, 0.05) is 31.1 Å². The second-order valence-corrected chi connectivity index (χ2v) is 15.0. The molecule has 2 saturated carbocycles. The standard InChI is InChI=1S/C31H42O11/c1-13-11-17(39-25(13)35)22(38-15(3)32)14(2)21-23-28(21,6)9-10-29-16(24(34)31(23,37)42-29)7-8-18-27(4,5)40-19-12-20(33)41-30(18,19)26(29)36/h13-14,16-19,21-23,26,36-37H,7-12H2,1-6H3. The summed E-state index contributed by atoms with van der Waals surface area (Å²) in [5.74, 6) is -6.62. The molecule has 0 amide bonds. The topological polar surface area (TPSA) is 155 Å². The molecule has 14 atom stereocenters. The zero-order valence-electron chi connectivity index (χ0n) is 25.1.